The Morgan fingerprint density at radius 3 is 2.28 bits per heavy atom. The Labute approximate surface area is 184 Å². The summed E-state index contributed by atoms with van der Waals surface area (Å²) in [5.41, 5.74) is 12.1. The van der Waals surface area contributed by atoms with Gasteiger partial charge >= 0.3 is 0 Å². The normalized spacial score (nSPS) is 15.1. The monoisotopic (exact) mass is 420 g/mol. The number of hydrogen-bond donors (Lipinski definition) is 1. The molecule has 156 valence electrons. The van der Waals surface area contributed by atoms with Crippen molar-refractivity contribution in [2.75, 3.05) is 5.73 Å². The minimum Gasteiger partial charge on any atom is -0.457 e. The molecule has 6 heteroatoms. The quantitative estimate of drug-likeness (QED) is 0.420. The van der Waals surface area contributed by atoms with Gasteiger partial charge in [-0.2, -0.15) is 0 Å². The second-order valence-corrected chi connectivity index (χ2v) is 7.66. The molecular formula is C26H20N4O2. The molecular weight excluding hydrogens is 400 g/mol. The molecule has 6 rings (SSSR count). The minimum atomic E-state index is -0.190. The van der Waals surface area contributed by atoms with E-state index in [2.05, 4.69) is 26.7 Å². The molecule has 0 bridgehead atoms. The Hall–Kier alpha value is -4.16. The Morgan fingerprint density at radius 1 is 0.844 bits per heavy atom. The van der Waals surface area contributed by atoms with Crippen LogP contribution in [0.5, 0.6) is 11.5 Å². The van der Waals surface area contributed by atoms with Gasteiger partial charge in [0.1, 0.15) is 35.0 Å². The molecule has 1 atom stereocenters. The molecule has 1 aliphatic heterocycles. The molecule has 3 aromatic carbocycles. The second kappa shape index (κ2) is 7.51. The first-order valence-corrected chi connectivity index (χ1v) is 10.4. The standard InChI is InChI=1S/C26H20N4O2/c27-26-24-23(28-16-29-26)22-21(15-31-25(22)17-7-3-1-4-8-17)30(24)18-11-13-20(14-12-18)32-19-9-5-2-6-10-19/h1-14,16,25H,15H2,(H2,27,28,29). The minimum absolute atomic E-state index is 0.190. The van der Waals surface area contributed by atoms with Crippen LogP contribution in [-0.2, 0) is 11.3 Å². The van der Waals surface area contributed by atoms with E-state index in [4.69, 9.17) is 15.2 Å². The van der Waals surface area contributed by atoms with Crippen LogP contribution in [0.3, 0.4) is 0 Å². The lowest BCUT2D eigenvalue weighted by Crippen LogP contribution is -2.03. The molecule has 2 aromatic heterocycles. The largest absolute Gasteiger partial charge is 0.457 e. The maximum Gasteiger partial charge on any atom is 0.151 e. The zero-order chi connectivity index (χ0) is 21.5. The first kappa shape index (κ1) is 18.6. The smallest absolute Gasteiger partial charge is 0.151 e. The van der Waals surface area contributed by atoms with Gasteiger partial charge in [0.25, 0.3) is 0 Å². The van der Waals surface area contributed by atoms with E-state index in [1.54, 1.807) is 0 Å². The molecule has 2 N–H and O–H groups in total. The van der Waals surface area contributed by atoms with E-state index in [0.29, 0.717) is 12.4 Å². The van der Waals surface area contributed by atoms with E-state index in [0.717, 1.165) is 45.0 Å². The molecule has 32 heavy (non-hydrogen) atoms. The zero-order valence-electron chi connectivity index (χ0n) is 17.2. The Bertz CT molecular complexity index is 1400. The Morgan fingerprint density at radius 2 is 1.53 bits per heavy atom. The van der Waals surface area contributed by atoms with Crippen LogP contribution < -0.4 is 10.5 Å². The van der Waals surface area contributed by atoms with Crippen molar-refractivity contribution in [2.24, 2.45) is 0 Å². The molecule has 1 aliphatic rings. The molecule has 1 unspecified atom stereocenters. The number of para-hydroxylation sites is 1. The average Bonchev–Trinajstić information content (AvgIpc) is 3.40. The topological polar surface area (TPSA) is 75.2 Å². The fraction of sp³-hybridized carbons (Fsp3) is 0.0769. The van der Waals surface area contributed by atoms with Crippen LogP contribution in [0.2, 0.25) is 0 Å². The first-order valence-electron chi connectivity index (χ1n) is 10.4. The van der Waals surface area contributed by atoms with E-state index in [9.17, 15) is 0 Å². The molecule has 0 radical (unpaired) electrons. The van der Waals surface area contributed by atoms with E-state index in [1.807, 2.05) is 72.8 Å². The molecule has 0 saturated heterocycles. The summed E-state index contributed by atoms with van der Waals surface area (Å²) >= 11 is 0. The fourth-order valence-corrected chi connectivity index (χ4v) is 4.33. The molecule has 0 spiro atoms. The summed E-state index contributed by atoms with van der Waals surface area (Å²) in [7, 11) is 0. The highest BCUT2D eigenvalue weighted by Crippen LogP contribution is 2.43. The second-order valence-electron chi connectivity index (χ2n) is 7.66. The van der Waals surface area contributed by atoms with Crippen molar-refractivity contribution in [2.45, 2.75) is 12.7 Å². The molecule has 6 nitrogen and oxygen atoms in total. The van der Waals surface area contributed by atoms with Gasteiger partial charge in [-0.3, -0.25) is 0 Å². The summed E-state index contributed by atoms with van der Waals surface area (Å²) in [6.07, 6.45) is 1.32. The van der Waals surface area contributed by atoms with Crippen LogP contribution in [0.25, 0.3) is 16.7 Å². The SMILES string of the molecule is Nc1ncnc2c3c(n(-c4ccc(Oc5ccccc5)cc4)c12)COC3c1ccccc1. The van der Waals surface area contributed by atoms with Gasteiger partial charge in [0.05, 0.1) is 12.3 Å². The highest BCUT2D eigenvalue weighted by atomic mass is 16.5. The molecule has 0 amide bonds. The van der Waals surface area contributed by atoms with Crippen LogP contribution in [0.15, 0.2) is 91.3 Å². The van der Waals surface area contributed by atoms with E-state index in [-0.39, 0.29) is 6.10 Å². The molecule has 0 aliphatic carbocycles. The van der Waals surface area contributed by atoms with Gasteiger partial charge in [0.15, 0.2) is 5.82 Å². The fourth-order valence-electron chi connectivity index (χ4n) is 4.33. The third-order valence-corrected chi connectivity index (χ3v) is 5.74. The maximum absolute atomic E-state index is 6.33. The van der Waals surface area contributed by atoms with Crippen LogP contribution in [0, 0.1) is 0 Å². The number of nitrogens with two attached hydrogens (primary N) is 1. The molecule has 3 heterocycles. The summed E-state index contributed by atoms with van der Waals surface area (Å²) in [4.78, 5) is 8.85. The van der Waals surface area contributed by atoms with Gasteiger partial charge in [0.2, 0.25) is 0 Å². The number of ether oxygens (including phenoxy) is 2. The number of hydrogen-bond acceptors (Lipinski definition) is 5. The average molecular weight is 420 g/mol. The van der Waals surface area contributed by atoms with Crippen LogP contribution in [-0.4, -0.2) is 14.5 Å². The van der Waals surface area contributed by atoms with Crippen molar-refractivity contribution in [1.82, 2.24) is 14.5 Å². The summed E-state index contributed by atoms with van der Waals surface area (Å²) in [6, 6.07) is 27.8. The van der Waals surface area contributed by atoms with Gasteiger partial charge < -0.3 is 19.8 Å². The summed E-state index contributed by atoms with van der Waals surface area (Å²) < 4.78 is 14.3. The van der Waals surface area contributed by atoms with Crippen molar-refractivity contribution in [3.63, 3.8) is 0 Å². The van der Waals surface area contributed by atoms with Crippen LogP contribution >= 0.6 is 0 Å². The number of benzene rings is 3. The van der Waals surface area contributed by atoms with Gasteiger partial charge in [-0.15, -0.1) is 0 Å². The highest BCUT2D eigenvalue weighted by molar-refractivity contribution is 5.92. The van der Waals surface area contributed by atoms with E-state index in [1.165, 1.54) is 6.33 Å². The maximum atomic E-state index is 6.33. The predicted octanol–water partition coefficient (Wildman–Crippen LogP) is 5.41. The lowest BCUT2D eigenvalue weighted by atomic mass is 10.0. The van der Waals surface area contributed by atoms with E-state index >= 15 is 0 Å². The van der Waals surface area contributed by atoms with Crippen molar-refractivity contribution in [3.8, 4) is 17.2 Å². The number of nitrogens with zero attached hydrogens (tertiary/aromatic N) is 3. The van der Waals surface area contributed by atoms with Crippen molar-refractivity contribution < 1.29 is 9.47 Å². The number of fused-ring (bicyclic) bond motifs is 3. The first-order chi connectivity index (χ1) is 15.8. The molecule has 0 saturated carbocycles. The zero-order valence-corrected chi connectivity index (χ0v) is 17.2. The molecule has 0 fully saturated rings. The van der Waals surface area contributed by atoms with Crippen LogP contribution in [0.1, 0.15) is 22.9 Å². The lowest BCUT2D eigenvalue weighted by Gasteiger charge is -2.12. The van der Waals surface area contributed by atoms with Crippen molar-refractivity contribution in [1.29, 1.82) is 0 Å². The summed E-state index contributed by atoms with van der Waals surface area (Å²) in [5, 5.41) is 0. The van der Waals surface area contributed by atoms with Crippen molar-refractivity contribution in [3.05, 3.63) is 108 Å². The number of aromatic nitrogens is 3. The van der Waals surface area contributed by atoms with Crippen molar-refractivity contribution >= 4 is 16.9 Å². The Balaban J connectivity index is 1.46. The van der Waals surface area contributed by atoms with E-state index < -0.39 is 0 Å². The summed E-state index contributed by atoms with van der Waals surface area (Å²) in [5.74, 6) is 2.00. The predicted molar refractivity (Wildman–Crippen MR) is 123 cm³/mol. The van der Waals surface area contributed by atoms with Gasteiger partial charge in [-0.1, -0.05) is 48.5 Å². The van der Waals surface area contributed by atoms with Gasteiger partial charge in [-0.25, -0.2) is 9.97 Å². The number of rotatable bonds is 4. The third kappa shape index (κ3) is 3.01. The highest BCUT2D eigenvalue weighted by Gasteiger charge is 2.34. The van der Waals surface area contributed by atoms with Gasteiger partial charge in [0, 0.05) is 11.3 Å². The number of nitrogen functional groups attached to an aromatic ring is 1. The van der Waals surface area contributed by atoms with Crippen LogP contribution in [0.4, 0.5) is 5.82 Å². The molecule has 5 aromatic rings. The third-order valence-electron chi connectivity index (χ3n) is 5.74. The summed E-state index contributed by atoms with van der Waals surface area (Å²) in [6.45, 7) is 0.465. The lowest BCUT2D eigenvalue weighted by molar-refractivity contribution is 0.0924. The Kier molecular flexibility index (Phi) is 4.37. The number of anilines is 1. The van der Waals surface area contributed by atoms with Gasteiger partial charge in [-0.05, 0) is 42.0 Å².